The summed E-state index contributed by atoms with van der Waals surface area (Å²) >= 11 is 3.11. The zero-order valence-electron chi connectivity index (χ0n) is 10.6. The summed E-state index contributed by atoms with van der Waals surface area (Å²) in [6.45, 7) is 0.964. The molecule has 0 radical (unpaired) electrons. The highest BCUT2D eigenvalue weighted by atomic mass is 79.9. The van der Waals surface area contributed by atoms with Gasteiger partial charge < -0.3 is 15.4 Å². The van der Waals surface area contributed by atoms with Crippen LogP contribution in [0.25, 0.3) is 0 Å². The highest BCUT2D eigenvalue weighted by molar-refractivity contribution is 9.10. The summed E-state index contributed by atoms with van der Waals surface area (Å²) in [5, 5.41) is 4.69. The van der Waals surface area contributed by atoms with E-state index >= 15 is 0 Å². The summed E-state index contributed by atoms with van der Waals surface area (Å²) in [6, 6.07) is 4.16. The topological polar surface area (TPSA) is 67.4 Å². The Morgan fingerprint density at radius 2 is 2.20 bits per heavy atom. The maximum absolute atomic E-state index is 13.5. The number of rotatable bonds is 3. The highest BCUT2D eigenvalue weighted by Gasteiger charge is 2.20. The quantitative estimate of drug-likeness (QED) is 0.822. The average molecular weight is 345 g/mol. The summed E-state index contributed by atoms with van der Waals surface area (Å²) in [4.78, 5) is 23.2. The minimum Gasteiger partial charge on any atom is -0.376 e. The van der Waals surface area contributed by atoms with Crippen LogP contribution in [0.5, 0.6) is 0 Å². The Balaban J connectivity index is 1.85. The Morgan fingerprint density at radius 3 is 2.85 bits per heavy atom. The number of ether oxygens (including phenoxy) is 1. The van der Waals surface area contributed by atoms with E-state index in [-0.39, 0.29) is 18.3 Å². The van der Waals surface area contributed by atoms with E-state index in [1.165, 1.54) is 12.1 Å². The minimum absolute atomic E-state index is 0.0366. The maximum atomic E-state index is 13.5. The zero-order chi connectivity index (χ0) is 14.5. The van der Waals surface area contributed by atoms with Gasteiger partial charge in [-0.3, -0.25) is 9.59 Å². The molecule has 1 aromatic rings. The number of halogens is 2. The predicted octanol–water partition coefficient (Wildman–Crippen LogP) is 1.82. The molecule has 0 aromatic heterocycles. The third kappa shape index (κ3) is 4.01. The van der Waals surface area contributed by atoms with Crippen LogP contribution in [0, 0.1) is 5.82 Å². The third-order valence-corrected chi connectivity index (χ3v) is 3.39. The van der Waals surface area contributed by atoms with Gasteiger partial charge in [0.2, 0.25) is 0 Å². The molecule has 1 fully saturated rings. The first-order chi connectivity index (χ1) is 9.56. The SMILES string of the molecule is O=C(NC[C@@H]1CCCO1)C(=O)Nc1ccc(Br)cc1F. The molecule has 20 heavy (non-hydrogen) atoms. The van der Waals surface area contributed by atoms with Gasteiger partial charge >= 0.3 is 11.8 Å². The average Bonchev–Trinajstić information content (AvgIpc) is 2.92. The Hall–Kier alpha value is -1.47. The second kappa shape index (κ2) is 6.81. The number of hydrogen-bond acceptors (Lipinski definition) is 3. The molecular formula is C13H14BrFN2O3. The van der Waals surface area contributed by atoms with Crippen molar-refractivity contribution >= 4 is 33.4 Å². The predicted molar refractivity (Wildman–Crippen MR) is 74.7 cm³/mol. The molecule has 1 aliphatic heterocycles. The van der Waals surface area contributed by atoms with Gasteiger partial charge in [-0.1, -0.05) is 15.9 Å². The van der Waals surface area contributed by atoms with Crippen molar-refractivity contribution < 1.29 is 18.7 Å². The van der Waals surface area contributed by atoms with Crippen LogP contribution in [0.15, 0.2) is 22.7 Å². The van der Waals surface area contributed by atoms with E-state index < -0.39 is 17.6 Å². The van der Waals surface area contributed by atoms with E-state index in [0.717, 1.165) is 12.8 Å². The number of amides is 2. The molecule has 2 N–H and O–H groups in total. The molecule has 1 atom stereocenters. The van der Waals surface area contributed by atoms with Crippen LogP contribution in [0.1, 0.15) is 12.8 Å². The summed E-state index contributed by atoms with van der Waals surface area (Å²) < 4.78 is 19.4. The Morgan fingerprint density at radius 1 is 1.40 bits per heavy atom. The number of carbonyl (C=O) groups is 2. The monoisotopic (exact) mass is 344 g/mol. The van der Waals surface area contributed by atoms with Crippen molar-refractivity contribution in [2.45, 2.75) is 18.9 Å². The summed E-state index contributed by atoms with van der Waals surface area (Å²) in [6.07, 6.45) is 1.77. The first-order valence-electron chi connectivity index (χ1n) is 6.22. The van der Waals surface area contributed by atoms with Gasteiger partial charge in [0.15, 0.2) is 0 Å². The smallest absolute Gasteiger partial charge is 0.313 e. The van der Waals surface area contributed by atoms with E-state index in [9.17, 15) is 14.0 Å². The number of hydrogen-bond donors (Lipinski definition) is 2. The lowest BCUT2D eigenvalue weighted by atomic mass is 10.2. The van der Waals surface area contributed by atoms with Gasteiger partial charge in [0, 0.05) is 17.6 Å². The summed E-state index contributed by atoms with van der Waals surface area (Å²) in [5.74, 6) is -2.31. The van der Waals surface area contributed by atoms with Crippen LogP contribution >= 0.6 is 15.9 Å². The van der Waals surface area contributed by atoms with Crippen molar-refractivity contribution in [2.24, 2.45) is 0 Å². The number of benzene rings is 1. The molecule has 1 heterocycles. The lowest BCUT2D eigenvalue weighted by Crippen LogP contribution is -2.39. The molecule has 2 rings (SSSR count). The van der Waals surface area contributed by atoms with Crippen LogP contribution < -0.4 is 10.6 Å². The fourth-order valence-electron chi connectivity index (χ4n) is 1.86. The maximum Gasteiger partial charge on any atom is 0.313 e. The summed E-state index contributed by atoms with van der Waals surface area (Å²) in [7, 11) is 0. The van der Waals surface area contributed by atoms with Crippen molar-refractivity contribution in [1.29, 1.82) is 0 Å². The molecule has 1 aliphatic rings. The van der Waals surface area contributed by atoms with Gasteiger partial charge in [0.05, 0.1) is 11.8 Å². The van der Waals surface area contributed by atoms with Gasteiger partial charge in [0.25, 0.3) is 0 Å². The molecular weight excluding hydrogens is 331 g/mol. The van der Waals surface area contributed by atoms with Crippen molar-refractivity contribution in [3.63, 3.8) is 0 Å². The Labute approximate surface area is 124 Å². The van der Waals surface area contributed by atoms with Gasteiger partial charge in [-0.25, -0.2) is 4.39 Å². The fourth-order valence-corrected chi connectivity index (χ4v) is 2.20. The molecule has 1 aromatic carbocycles. The molecule has 0 unspecified atom stereocenters. The molecule has 0 saturated carbocycles. The van der Waals surface area contributed by atoms with Gasteiger partial charge in [-0.2, -0.15) is 0 Å². The van der Waals surface area contributed by atoms with E-state index in [1.807, 2.05) is 0 Å². The number of nitrogens with one attached hydrogen (secondary N) is 2. The molecule has 0 aliphatic carbocycles. The van der Waals surface area contributed by atoms with Gasteiger partial charge in [-0.15, -0.1) is 0 Å². The van der Waals surface area contributed by atoms with Crippen LogP contribution in [0.3, 0.4) is 0 Å². The van der Waals surface area contributed by atoms with Gasteiger partial charge in [0.1, 0.15) is 5.82 Å². The first kappa shape index (κ1) is 14.9. The molecule has 0 spiro atoms. The second-order valence-electron chi connectivity index (χ2n) is 4.42. The third-order valence-electron chi connectivity index (χ3n) is 2.90. The zero-order valence-corrected chi connectivity index (χ0v) is 12.2. The molecule has 0 bridgehead atoms. The number of anilines is 1. The Bertz CT molecular complexity index is 518. The molecule has 108 valence electrons. The largest absolute Gasteiger partial charge is 0.376 e. The molecule has 7 heteroatoms. The van der Waals surface area contributed by atoms with E-state index in [0.29, 0.717) is 11.1 Å². The van der Waals surface area contributed by atoms with Crippen molar-refractivity contribution in [2.75, 3.05) is 18.5 Å². The van der Waals surface area contributed by atoms with Gasteiger partial charge in [-0.05, 0) is 31.0 Å². The fraction of sp³-hybridized carbons (Fsp3) is 0.385. The van der Waals surface area contributed by atoms with Crippen LogP contribution in [-0.2, 0) is 14.3 Å². The standard InChI is InChI=1S/C13H14BrFN2O3/c14-8-3-4-11(10(15)6-8)17-13(19)12(18)16-7-9-2-1-5-20-9/h3-4,6,9H,1-2,5,7H2,(H,16,18)(H,17,19)/t9-/m0/s1. The highest BCUT2D eigenvalue weighted by Crippen LogP contribution is 2.19. The lowest BCUT2D eigenvalue weighted by molar-refractivity contribution is -0.136. The number of carbonyl (C=O) groups excluding carboxylic acids is 2. The first-order valence-corrected chi connectivity index (χ1v) is 7.01. The van der Waals surface area contributed by atoms with Crippen LogP contribution in [-0.4, -0.2) is 31.1 Å². The van der Waals surface area contributed by atoms with Crippen molar-refractivity contribution in [1.82, 2.24) is 5.32 Å². The summed E-state index contributed by atoms with van der Waals surface area (Å²) in [5.41, 5.74) is -0.0366. The van der Waals surface area contributed by atoms with E-state index in [2.05, 4.69) is 26.6 Å². The minimum atomic E-state index is -0.899. The van der Waals surface area contributed by atoms with Crippen molar-refractivity contribution in [3.8, 4) is 0 Å². The van der Waals surface area contributed by atoms with E-state index in [4.69, 9.17) is 4.74 Å². The second-order valence-corrected chi connectivity index (χ2v) is 5.34. The lowest BCUT2D eigenvalue weighted by Gasteiger charge is -2.11. The molecule has 1 saturated heterocycles. The normalized spacial score (nSPS) is 17.8. The molecule has 2 amide bonds. The molecule has 5 nitrogen and oxygen atoms in total. The Kier molecular flexibility index (Phi) is 5.08. The van der Waals surface area contributed by atoms with Crippen LogP contribution in [0.4, 0.5) is 10.1 Å². The van der Waals surface area contributed by atoms with E-state index in [1.54, 1.807) is 6.07 Å². The van der Waals surface area contributed by atoms with Crippen molar-refractivity contribution in [3.05, 3.63) is 28.5 Å². The van der Waals surface area contributed by atoms with Crippen LogP contribution in [0.2, 0.25) is 0 Å².